The van der Waals surface area contributed by atoms with Crippen LogP contribution in [0.4, 0.5) is 0 Å². The Morgan fingerprint density at radius 1 is 1.75 bits per heavy atom. The minimum atomic E-state index is -1.07. The maximum atomic E-state index is 9.75. The number of nitrogens with one attached hydrogen (secondary N) is 1. The van der Waals surface area contributed by atoms with Gasteiger partial charge in [-0.2, -0.15) is 15.0 Å². The fraction of sp³-hybridized carbons (Fsp3) is 0.333. The van der Waals surface area contributed by atoms with Crippen molar-refractivity contribution in [1.82, 2.24) is 5.06 Å². The number of aliphatic imine (C=N–C) groups is 1. The molecule has 9 heteroatoms. The van der Waals surface area contributed by atoms with Crippen molar-refractivity contribution in [3.8, 4) is 0 Å². The first-order valence-corrected chi connectivity index (χ1v) is 2.68. The number of nitrogens with zero attached hydrogens (tertiary/aromatic N) is 3. The van der Waals surface area contributed by atoms with Gasteiger partial charge in [0, 0.05) is 7.05 Å². The highest BCUT2D eigenvalue weighted by molar-refractivity contribution is 5.91. The van der Waals surface area contributed by atoms with Crippen LogP contribution in [0.1, 0.15) is 0 Å². The Hall–Kier alpha value is -2.06. The average Bonchev–Trinajstić information content (AvgIpc) is 1.84. The molecule has 0 aromatic heterocycles. The molecule has 0 unspecified atom stereocenters. The highest BCUT2D eigenvalue weighted by Gasteiger charge is 2.06. The summed E-state index contributed by atoms with van der Waals surface area (Å²) in [5.74, 6) is -0.939. The zero-order valence-electron chi connectivity index (χ0n) is 6.22. The Bertz CT molecular complexity index is 224. The third-order valence-corrected chi connectivity index (χ3v) is 0.747. The summed E-state index contributed by atoms with van der Waals surface area (Å²) in [5, 5.41) is 15.9. The predicted octanol–water partition coefficient (Wildman–Crippen LogP) is -1.75. The first kappa shape index (κ1) is 9.94. The normalized spacial score (nSPS) is 10.6. The van der Waals surface area contributed by atoms with Gasteiger partial charge in [-0.05, 0) is 0 Å². The Kier molecular flexibility index (Phi) is 3.27. The van der Waals surface area contributed by atoms with Gasteiger partial charge < -0.3 is 11.5 Å². The van der Waals surface area contributed by atoms with Crippen molar-refractivity contribution in [1.29, 1.82) is 5.41 Å². The zero-order valence-corrected chi connectivity index (χ0v) is 6.22. The van der Waals surface area contributed by atoms with Crippen LogP contribution in [0.25, 0.3) is 0 Å². The van der Waals surface area contributed by atoms with E-state index in [-0.39, 0.29) is 5.96 Å². The second-order valence-corrected chi connectivity index (χ2v) is 1.66. The van der Waals surface area contributed by atoms with Crippen LogP contribution in [-0.2, 0) is 4.94 Å². The molecule has 0 amide bonds. The van der Waals surface area contributed by atoms with Crippen LogP contribution < -0.4 is 11.5 Å². The lowest BCUT2D eigenvalue weighted by Gasteiger charge is -2.12. The highest BCUT2D eigenvalue weighted by Crippen LogP contribution is 1.84. The highest BCUT2D eigenvalue weighted by atomic mass is 17.0. The molecular formula is C3H8N6O3. The number of hydrogen-bond acceptors (Lipinski definition) is 4. The third kappa shape index (κ3) is 3.87. The molecule has 12 heavy (non-hydrogen) atoms. The lowest BCUT2D eigenvalue weighted by Crippen LogP contribution is -2.37. The monoisotopic (exact) mass is 176 g/mol. The van der Waals surface area contributed by atoms with E-state index < -0.39 is 11.0 Å². The van der Waals surface area contributed by atoms with E-state index in [0.29, 0.717) is 5.06 Å². The molecule has 0 radical (unpaired) electrons. The van der Waals surface area contributed by atoms with E-state index in [0.717, 1.165) is 7.05 Å². The van der Waals surface area contributed by atoms with Gasteiger partial charge in [0.25, 0.3) is 0 Å². The first-order chi connectivity index (χ1) is 5.43. The van der Waals surface area contributed by atoms with E-state index in [2.05, 4.69) is 9.93 Å². The quantitative estimate of drug-likeness (QED) is 0.197. The van der Waals surface area contributed by atoms with Gasteiger partial charge in [-0.1, -0.05) is 0 Å². The topological polar surface area (TPSA) is 144 Å². The van der Waals surface area contributed by atoms with Crippen molar-refractivity contribution in [2.45, 2.75) is 0 Å². The predicted molar refractivity (Wildman–Crippen MR) is 39.4 cm³/mol. The summed E-state index contributed by atoms with van der Waals surface area (Å²) in [6.07, 6.45) is 0. The summed E-state index contributed by atoms with van der Waals surface area (Å²) in [6.45, 7) is 0. The number of rotatable bonds is 2. The van der Waals surface area contributed by atoms with Crippen molar-refractivity contribution in [3.63, 3.8) is 0 Å². The number of hydrogen-bond donors (Lipinski definition) is 3. The molecular weight excluding hydrogens is 168 g/mol. The minimum absolute atomic E-state index is 0.376. The van der Waals surface area contributed by atoms with E-state index in [9.17, 15) is 10.1 Å². The van der Waals surface area contributed by atoms with Gasteiger partial charge in [0.1, 0.15) is 0 Å². The molecule has 68 valence electrons. The van der Waals surface area contributed by atoms with E-state index in [1.807, 2.05) is 0 Å². The molecule has 0 aromatic carbocycles. The van der Waals surface area contributed by atoms with Crippen LogP contribution in [0, 0.1) is 15.5 Å². The molecule has 5 N–H and O–H groups in total. The SMILES string of the molecule is CN(O[N+](=O)[O-])/C(N)=N/C(=N)N. The van der Waals surface area contributed by atoms with Crippen molar-refractivity contribution >= 4 is 11.9 Å². The van der Waals surface area contributed by atoms with E-state index in [1.54, 1.807) is 0 Å². The zero-order chi connectivity index (χ0) is 9.72. The Balaban J connectivity index is 4.18. The third-order valence-electron chi connectivity index (χ3n) is 0.747. The molecule has 0 saturated carbocycles. The van der Waals surface area contributed by atoms with Crippen molar-refractivity contribution in [2.24, 2.45) is 16.5 Å². The van der Waals surface area contributed by atoms with Gasteiger partial charge >= 0.3 is 5.09 Å². The first-order valence-electron chi connectivity index (χ1n) is 2.68. The van der Waals surface area contributed by atoms with Crippen molar-refractivity contribution in [3.05, 3.63) is 10.1 Å². The lowest BCUT2D eigenvalue weighted by molar-refractivity contribution is -0.800. The van der Waals surface area contributed by atoms with Crippen LogP contribution in [0.2, 0.25) is 0 Å². The van der Waals surface area contributed by atoms with Crippen molar-refractivity contribution in [2.75, 3.05) is 7.05 Å². The molecule has 0 aliphatic carbocycles. The van der Waals surface area contributed by atoms with Gasteiger partial charge in [0.2, 0.25) is 11.9 Å². The lowest BCUT2D eigenvalue weighted by atomic mass is 10.9. The van der Waals surface area contributed by atoms with Gasteiger partial charge in [-0.3, -0.25) is 5.41 Å². The Labute approximate surface area is 67.2 Å². The van der Waals surface area contributed by atoms with Crippen LogP contribution >= 0.6 is 0 Å². The largest absolute Gasteiger partial charge is 0.368 e. The second kappa shape index (κ2) is 3.95. The molecule has 0 aliphatic heterocycles. The molecule has 9 nitrogen and oxygen atoms in total. The summed E-state index contributed by atoms with van der Waals surface area (Å²) < 4.78 is 0. The summed E-state index contributed by atoms with van der Waals surface area (Å²) in [6, 6.07) is 0. The molecule has 0 heterocycles. The molecule has 0 spiro atoms. The van der Waals surface area contributed by atoms with Crippen molar-refractivity contribution < 1.29 is 10.0 Å². The molecule has 0 fully saturated rings. The second-order valence-electron chi connectivity index (χ2n) is 1.66. The summed E-state index contributed by atoms with van der Waals surface area (Å²) in [4.78, 5) is 16.8. The van der Waals surface area contributed by atoms with Crippen LogP contribution in [0.3, 0.4) is 0 Å². The van der Waals surface area contributed by atoms with Crippen LogP contribution in [0.5, 0.6) is 0 Å². The van der Waals surface area contributed by atoms with Crippen LogP contribution in [-0.4, -0.2) is 29.1 Å². The molecule has 0 atom stereocenters. The molecule has 0 saturated heterocycles. The summed E-state index contributed by atoms with van der Waals surface area (Å²) in [7, 11) is 1.16. The average molecular weight is 176 g/mol. The number of nitrogens with two attached hydrogens (primary N) is 2. The van der Waals surface area contributed by atoms with Gasteiger partial charge in [-0.25, -0.2) is 0 Å². The van der Waals surface area contributed by atoms with Crippen LogP contribution in [0.15, 0.2) is 4.99 Å². The van der Waals surface area contributed by atoms with Gasteiger partial charge in [0.05, 0.1) is 0 Å². The number of hydroxylamine groups is 2. The molecule has 0 aromatic rings. The van der Waals surface area contributed by atoms with Gasteiger partial charge in [0.15, 0.2) is 0 Å². The van der Waals surface area contributed by atoms with E-state index in [4.69, 9.17) is 16.9 Å². The maximum Gasteiger partial charge on any atom is 0.317 e. The smallest absolute Gasteiger partial charge is 0.317 e. The number of guanidine groups is 2. The minimum Gasteiger partial charge on any atom is -0.368 e. The van der Waals surface area contributed by atoms with Gasteiger partial charge in [-0.15, -0.1) is 10.1 Å². The summed E-state index contributed by atoms with van der Waals surface area (Å²) in [5.41, 5.74) is 9.92. The molecule has 0 aliphatic rings. The van der Waals surface area contributed by atoms with E-state index in [1.165, 1.54) is 0 Å². The molecule has 0 rings (SSSR count). The maximum absolute atomic E-state index is 9.75. The molecule has 0 bridgehead atoms. The fourth-order valence-electron chi connectivity index (χ4n) is 0.336. The summed E-state index contributed by atoms with van der Waals surface area (Å²) >= 11 is 0. The standard InChI is InChI=1S/C3H8N6O3/c1-8(12-9(10)11)3(6)7-2(4)5/h1H3,(H5,4,5,6,7). The Morgan fingerprint density at radius 2 is 2.25 bits per heavy atom. The Morgan fingerprint density at radius 3 is 2.58 bits per heavy atom. The fourth-order valence-corrected chi connectivity index (χ4v) is 0.336. The van der Waals surface area contributed by atoms with E-state index >= 15 is 0 Å².